The first-order valence-electron chi connectivity index (χ1n) is 4.25. The molecule has 80 valence electrons. The van der Waals surface area contributed by atoms with E-state index >= 15 is 0 Å². The van der Waals surface area contributed by atoms with E-state index in [0.29, 0.717) is 10.6 Å². The lowest BCUT2D eigenvalue weighted by Crippen LogP contribution is -2.39. The van der Waals surface area contributed by atoms with Crippen molar-refractivity contribution in [3.8, 4) is 0 Å². The molecule has 4 nitrogen and oxygen atoms in total. The van der Waals surface area contributed by atoms with Gasteiger partial charge in [0.15, 0.2) is 6.23 Å². The Bertz CT molecular complexity index is 375. The zero-order valence-electron chi connectivity index (χ0n) is 8.03. The summed E-state index contributed by atoms with van der Waals surface area (Å²) in [6.45, 7) is 1.22. The Kier molecular flexibility index (Phi) is 3.82. The van der Waals surface area contributed by atoms with Crippen LogP contribution in [0.5, 0.6) is 0 Å². The van der Waals surface area contributed by atoms with Gasteiger partial charge in [0.25, 0.3) is 0 Å². The Morgan fingerprint density at radius 3 is 2.33 bits per heavy atom. The molecule has 0 saturated heterocycles. The zero-order chi connectivity index (χ0) is 11.4. The van der Waals surface area contributed by atoms with Crippen LogP contribution in [0.2, 0.25) is 5.02 Å². The van der Waals surface area contributed by atoms with E-state index in [1.54, 1.807) is 0 Å². The number of carbonyl (C=O) groups excluding carboxylic acids is 2. The molecule has 0 saturated carbocycles. The lowest BCUT2D eigenvalue weighted by Gasteiger charge is -2.09. The van der Waals surface area contributed by atoms with Crippen LogP contribution in [0.15, 0.2) is 24.3 Å². The van der Waals surface area contributed by atoms with Crippen molar-refractivity contribution >= 4 is 23.3 Å². The second-order valence-electron chi connectivity index (χ2n) is 2.97. The Labute approximate surface area is 91.9 Å². The summed E-state index contributed by atoms with van der Waals surface area (Å²) in [5.41, 5.74) is 0.292. The van der Waals surface area contributed by atoms with E-state index in [4.69, 9.17) is 11.6 Å². The van der Waals surface area contributed by atoms with Gasteiger partial charge in [-0.1, -0.05) is 11.6 Å². The number of hydrogen-bond acceptors (Lipinski definition) is 3. The Morgan fingerprint density at radius 2 is 1.87 bits per heavy atom. The Morgan fingerprint density at radius 1 is 1.33 bits per heavy atom. The summed E-state index contributed by atoms with van der Waals surface area (Å²) in [4.78, 5) is 22.1. The fourth-order valence-electron chi connectivity index (χ4n) is 1.03. The van der Waals surface area contributed by atoms with Crippen molar-refractivity contribution in [2.24, 2.45) is 0 Å². The molecule has 0 aliphatic rings. The van der Waals surface area contributed by atoms with Crippen molar-refractivity contribution in [3.05, 3.63) is 34.9 Å². The molecule has 0 aromatic heterocycles. The highest BCUT2D eigenvalue weighted by Gasteiger charge is 2.17. The molecule has 0 aliphatic carbocycles. The van der Waals surface area contributed by atoms with E-state index in [0.717, 1.165) is 0 Å². The number of Topliss-reactive ketones (excluding diaryl/α,β-unsaturated/α-hetero) is 1. The minimum absolute atomic E-state index is 0.292. The molecule has 0 bridgehead atoms. The highest BCUT2D eigenvalue weighted by atomic mass is 35.5. The summed E-state index contributed by atoms with van der Waals surface area (Å²) in [5.74, 6) is -1.04. The highest BCUT2D eigenvalue weighted by molar-refractivity contribution is 6.30. The van der Waals surface area contributed by atoms with Crippen LogP contribution in [0.3, 0.4) is 0 Å². The van der Waals surface area contributed by atoms with Gasteiger partial charge in [-0.25, -0.2) is 0 Å². The first-order valence-corrected chi connectivity index (χ1v) is 4.63. The molecule has 0 radical (unpaired) electrons. The summed E-state index contributed by atoms with van der Waals surface area (Å²) >= 11 is 5.64. The summed E-state index contributed by atoms with van der Waals surface area (Å²) in [5, 5.41) is 11.9. The average Bonchev–Trinajstić information content (AvgIpc) is 2.17. The first kappa shape index (κ1) is 11.7. The largest absolute Gasteiger partial charge is 0.367 e. The monoisotopic (exact) mass is 227 g/mol. The summed E-state index contributed by atoms with van der Waals surface area (Å²) in [6.07, 6.45) is -1.51. The molecular formula is C10H10ClNO3. The molecule has 2 N–H and O–H groups in total. The van der Waals surface area contributed by atoms with Crippen molar-refractivity contribution in [2.45, 2.75) is 13.2 Å². The van der Waals surface area contributed by atoms with Gasteiger partial charge in [0.1, 0.15) is 0 Å². The minimum atomic E-state index is -1.51. The number of nitrogens with one attached hydrogen (secondary N) is 1. The van der Waals surface area contributed by atoms with Crippen LogP contribution in [-0.2, 0) is 4.79 Å². The summed E-state index contributed by atoms with van der Waals surface area (Å²) in [7, 11) is 0. The lowest BCUT2D eigenvalue weighted by atomic mass is 10.1. The van der Waals surface area contributed by atoms with Crippen molar-refractivity contribution < 1.29 is 14.7 Å². The third-order valence-corrected chi connectivity index (χ3v) is 1.97. The number of carbonyl (C=O) groups is 2. The van der Waals surface area contributed by atoms with Gasteiger partial charge in [0, 0.05) is 17.5 Å². The highest BCUT2D eigenvalue weighted by Crippen LogP contribution is 2.10. The Balaban J connectivity index is 2.76. The standard InChI is InChI=1S/C10H10ClNO3/c1-6(13)12-10(15)9(14)7-2-4-8(11)5-3-7/h2-5,10,15H,1H3,(H,12,13)/t10-/m0/s1. The number of rotatable bonds is 3. The average molecular weight is 228 g/mol. The van der Waals surface area contributed by atoms with Crippen molar-refractivity contribution in [2.75, 3.05) is 0 Å². The van der Waals surface area contributed by atoms with Gasteiger partial charge in [-0.3, -0.25) is 9.59 Å². The van der Waals surface area contributed by atoms with Crippen LogP contribution in [0, 0.1) is 0 Å². The summed E-state index contributed by atoms with van der Waals surface area (Å²) < 4.78 is 0. The normalized spacial score (nSPS) is 11.9. The van der Waals surface area contributed by atoms with E-state index in [2.05, 4.69) is 5.32 Å². The number of aliphatic hydroxyl groups excluding tert-OH is 1. The van der Waals surface area contributed by atoms with Gasteiger partial charge in [0.05, 0.1) is 0 Å². The van der Waals surface area contributed by atoms with Crippen LogP contribution in [0.25, 0.3) is 0 Å². The third-order valence-electron chi connectivity index (χ3n) is 1.72. The van der Waals surface area contributed by atoms with Gasteiger partial charge in [-0.2, -0.15) is 0 Å². The van der Waals surface area contributed by atoms with Crippen LogP contribution in [0.4, 0.5) is 0 Å². The fraction of sp³-hybridized carbons (Fsp3) is 0.200. The van der Waals surface area contributed by atoms with Crippen LogP contribution >= 0.6 is 11.6 Å². The number of hydrogen-bond donors (Lipinski definition) is 2. The van der Waals surface area contributed by atoms with Crippen LogP contribution in [0.1, 0.15) is 17.3 Å². The van der Waals surface area contributed by atoms with E-state index in [1.165, 1.54) is 31.2 Å². The second-order valence-corrected chi connectivity index (χ2v) is 3.41. The van der Waals surface area contributed by atoms with Gasteiger partial charge < -0.3 is 10.4 Å². The molecule has 0 spiro atoms. The van der Waals surface area contributed by atoms with E-state index in [1.807, 2.05) is 0 Å². The lowest BCUT2D eigenvalue weighted by molar-refractivity contribution is -0.121. The maximum atomic E-state index is 11.5. The smallest absolute Gasteiger partial charge is 0.219 e. The molecule has 5 heteroatoms. The van der Waals surface area contributed by atoms with Crippen molar-refractivity contribution in [1.82, 2.24) is 5.32 Å². The van der Waals surface area contributed by atoms with Gasteiger partial charge >= 0.3 is 0 Å². The van der Waals surface area contributed by atoms with E-state index < -0.39 is 17.9 Å². The maximum Gasteiger partial charge on any atom is 0.219 e. The topological polar surface area (TPSA) is 66.4 Å². The first-order chi connectivity index (χ1) is 7.00. The van der Waals surface area contributed by atoms with E-state index in [-0.39, 0.29) is 0 Å². The van der Waals surface area contributed by atoms with E-state index in [9.17, 15) is 14.7 Å². The molecule has 1 aromatic carbocycles. The fourth-order valence-corrected chi connectivity index (χ4v) is 1.16. The number of amides is 1. The molecule has 0 fully saturated rings. The number of ketones is 1. The molecule has 1 aromatic rings. The molecule has 0 unspecified atom stereocenters. The molecule has 1 rings (SSSR count). The second kappa shape index (κ2) is 4.91. The number of halogens is 1. The summed E-state index contributed by atoms with van der Waals surface area (Å²) in [6, 6.07) is 6.04. The molecule has 0 heterocycles. The van der Waals surface area contributed by atoms with Gasteiger partial charge in [0.2, 0.25) is 11.7 Å². The van der Waals surface area contributed by atoms with Crippen LogP contribution < -0.4 is 5.32 Å². The van der Waals surface area contributed by atoms with Crippen molar-refractivity contribution in [3.63, 3.8) is 0 Å². The SMILES string of the molecule is CC(=O)N[C@@H](O)C(=O)c1ccc(Cl)cc1. The van der Waals surface area contributed by atoms with Crippen molar-refractivity contribution in [1.29, 1.82) is 0 Å². The third kappa shape index (κ3) is 3.34. The Hall–Kier alpha value is -1.39. The van der Waals surface area contributed by atoms with Gasteiger partial charge in [-0.15, -0.1) is 0 Å². The maximum absolute atomic E-state index is 11.5. The number of benzene rings is 1. The zero-order valence-corrected chi connectivity index (χ0v) is 8.78. The molecule has 0 aliphatic heterocycles. The van der Waals surface area contributed by atoms with Crippen LogP contribution in [-0.4, -0.2) is 23.0 Å². The molecule has 15 heavy (non-hydrogen) atoms. The molecule has 1 atom stereocenters. The quantitative estimate of drug-likeness (QED) is 0.598. The molecule has 1 amide bonds. The predicted molar refractivity (Wildman–Crippen MR) is 55.6 cm³/mol. The van der Waals surface area contributed by atoms with Gasteiger partial charge in [-0.05, 0) is 24.3 Å². The predicted octanol–water partition coefficient (Wildman–Crippen LogP) is 0.977. The number of aliphatic hydroxyl groups is 1. The molecular weight excluding hydrogens is 218 g/mol. The minimum Gasteiger partial charge on any atom is -0.367 e.